The van der Waals surface area contributed by atoms with Crippen LogP contribution in [0, 0.1) is 46.3 Å². The minimum atomic E-state index is -1.10. The Kier molecular flexibility index (Phi) is 7.57. The summed E-state index contributed by atoms with van der Waals surface area (Å²) in [5.41, 5.74) is 6.32. The quantitative estimate of drug-likeness (QED) is 0.414. The van der Waals surface area contributed by atoms with Gasteiger partial charge in [0.2, 0.25) is 0 Å². The Hall–Kier alpha value is -1.63. The van der Waals surface area contributed by atoms with E-state index in [2.05, 4.69) is 20.8 Å². The zero-order valence-electron chi connectivity index (χ0n) is 21.7. The summed E-state index contributed by atoms with van der Waals surface area (Å²) in [6, 6.07) is -1.10. The molecule has 0 aliphatic heterocycles. The smallest absolute Gasteiger partial charge is 0.323 e. The van der Waals surface area contributed by atoms with Crippen molar-refractivity contribution in [2.45, 2.75) is 110 Å². The first-order valence-electron chi connectivity index (χ1n) is 13.9. The van der Waals surface area contributed by atoms with Crippen LogP contribution in [0.4, 0.5) is 0 Å². The predicted molar refractivity (Wildman–Crippen MR) is 131 cm³/mol. The van der Waals surface area contributed by atoms with Crippen molar-refractivity contribution in [1.82, 2.24) is 0 Å². The predicted octanol–water partition coefficient (Wildman–Crippen LogP) is 4.86. The van der Waals surface area contributed by atoms with Gasteiger partial charge in [-0.3, -0.25) is 14.4 Å². The first-order valence-corrected chi connectivity index (χ1v) is 13.9. The molecule has 8 unspecified atom stereocenters. The standard InChI is InChI=1S/C28H45NO6/c1-16(4-9-24(30)31)20-7-8-21-19-6-5-17-14-18(35-26(34)23(29)15-25(32)33)10-12-27(17,2)22(19)11-13-28(20,21)3/h16-23H,4-15,29H2,1-3H3,(H,30,31)(H,32,33)/t16?,17?,18?,19?,20?,21?,22?,23?,27-,28+/m0/s1. The Bertz CT molecular complexity index is 830. The van der Waals surface area contributed by atoms with E-state index in [1.54, 1.807) is 0 Å². The minimum absolute atomic E-state index is 0.156. The van der Waals surface area contributed by atoms with E-state index < -0.39 is 30.4 Å². The van der Waals surface area contributed by atoms with E-state index in [4.69, 9.17) is 20.7 Å². The Labute approximate surface area is 209 Å². The molecule has 4 rings (SSSR count). The second-order valence-corrected chi connectivity index (χ2v) is 12.8. The van der Waals surface area contributed by atoms with Crippen LogP contribution >= 0.6 is 0 Å². The van der Waals surface area contributed by atoms with Gasteiger partial charge in [-0.2, -0.15) is 0 Å². The van der Waals surface area contributed by atoms with Crippen molar-refractivity contribution in [2.75, 3.05) is 0 Å². The molecular weight excluding hydrogens is 446 g/mol. The molecule has 0 aromatic carbocycles. The number of nitrogens with two attached hydrogens (primary N) is 1. The van der Waals surface area contributed by atoms with Crippen LogP contribution in [0.3, 0.4) is 0 Å². The lowest BCUT2D eigenvalue weighted by atomic mass is 9.44. The van der Waals surface area contributed by atoms with Gasteiger partial charge in [-0.15, -0.1) is 0 Å². The molecule has 4 N–H and O–H groups in total. The van der Waals surface area contributed by atoms with Crippen molar-refractivity contribution in [1.29, 1.82) is 0 Å². The van der Waals surface area contributed by atoms with E-state index in [0.717, 1.165) is 37.5 Å². The molecule has 0 spiro atoms. The number of carbonyl (C=O) groups excluding carboxylic acids is 1. The number of esters is 1. The summed E-state index contributed by atoms with van der Waals surface area (Å²) in [6.45, 7) is 7.26. The summed E-state index contributed by atoms with van der Waals surface area (Å²) in [6.07, 6.45) is 10.7. The zero-order chi connectivity index (χ0) is 25.5. The van der Waals surface area contributed by atoms with E-state index in [9.17, 15) is 14.4 Å². The Morgan fingerprint density at radius 2 is 1.63 bits per heavy atom. The van der Waals surface area contributed by atoms with Gasteiger partial charge in [-0.1, -0.05) is 20.8 Å². The van der Waals surface area contributed by atoms with Crippen LogP contribution in [0.1, 0.15) is 97.8 Å². The molecule has 0 amide bonds. The normalized spacial score (nSPS) is 42.2. The maximum atomic E-state index is 12.3. The maximum absolute atomic E-state index is 12.3. The van der Waals surface area contributed by atoms with Gasteiger partial charge in [-0.25, -0.2) is 0 Å². The van der Waals surface area contributed by atoms with Crippen LogP contribution in [0.2, 0.25) is 0 Å². The lowest BCUT2D eigenvalue weighted by Gasteiger charge is -2.61. The second-order valence-electron chi connectivity index (χ2n) is 12.8. The Morgan fingerprint density at radius 3 is 2.31 bits per heavy atom. The van der Waals surface area contributed by atoms with E-state index in [1.807, 2.05) is 0 Å². The fourth-order valence-electron chi connectivity index (χ4n) is 9.38. The summed E-state index contributed by atoms with van der Waals surface area (Å²) in [7, 11) is 0. The number of aliphatic carboxylic acids is 2. The average Bonchev–Trinajstić information content (AvgIpc) is 3.14. The molecule has 0 aromatic heterocycles. The molecule has 0 saturated heterocycles. The van der Waals surface area contributed by atoms with Gasteiger partial charge >= 0.3 is 17.9 Å². The lowest BCUT2D eigenvalue weighted by Crippen LogP contribution is -2.54. The molecule has 4 fully saturated rings. The van der Waals surface area contributed by atoms with Gasteiger partial charge in [-0.05, 0) is 111 Å². The van der Waals surface area contributed by atoms with Gasteiger partial charge in [0.05, 0.1) is 6.42 Å². The average molecular weight is 492 g/mol. The third kappa shape index (κ3) is 4.99. The molecule has 4 aliphatic rings. The summed E-state index contributed by atoms with van der Waals surface area (Å²) in [5.74, 6) is 1.45. The Balaban J connectivity index is 1.40. The van der Waals surface area contributed by atoms with Gasteiger partial charge in [0, 0.05) is 6.42 Å². The second kappa shape index (κ2) is 10.0. The summed E-state index contributed by atoms with van der Waals surface area (Å²) < 4.78 is 5.68. The highest BCUT2D eigenvalue weighted by molar-refractivity contribution is 5.81. The first-order chi connectivity index (χ1) is 16.5. The van der Waals surface area contributed by atoms with E-state index in [-0.39, 0.29) is 17.9 Å². The number of hydrogen-bond acceptors (Lipinski definition) is 5. The number of carbonyl (C=O) groups is 3. The molecule has 7 heteroatoms. The summed E-state index contributed by atoms with van der Waals surface area (Å²) in [4.78, 5) is 34.3. The highest BCUT2D eigenvalue weighted by Gasteiger charge is 2.60. The van der Waals surface area contributed by atoms with Crippen LogP contribution < -0.4 is 5.73 Å². The van der Waals surface area contributed by atoms with Crippen molar-refractivity contribution in [2.24, 2.45) is 52.1 Å². The third-order valence-corrected chi connectivity index (χ3v) is 11.2. The molecule has 7 nitrogen and oxygen atoms in total. The number of hydrogen-bond donors (Lipinski definition) is 3. The minimum Gasteiger partial charge on any atom is -0.481 e. The number of carboxylic acids is 2. The largest absolute Gasteiger partial charge is 0.481 e. The van der Waals surface area contributed by atoms with E-state index in [1.165, 1.54) is 38.5 Å². The molecule has 4 saturated carbocycles. The fourth-order valence-corrected chi connectivity index (χ4v) is 9.38. The van der Waals surface area contributed by atoms with Crippen molar-refractivity contribution >= 4 is 17.9 Å². The van der Waals surface area contributed by atoms with E-state index in [0.29, 0.717) is 29.1 Å². The first kappa shape index (κ1) is 26.4. The van der Waals surface area contributed by atoms with Crippen molar-refractivity contribution in [3.8, 4) is 0 Å². The van der Waals surface area contributed by atoms with Crippen LogP contribution in [-0.2, 0) is 19.1 Å². The Morgan fingerprint density at radius 1 is 0.943 bits per heavy atom. The molecule has 0 bridgehead atoms. The van der Waals surface area contributed by atoms with Crippen molar-refractivity contribution in [3.05, 3.63) is 0 Å². The number of rotatable bonds is 8. The zero-order valence-corrected chi connectivity index (χ0v) is 21.7. The van der Waals surface area contributed by atoms with Gasteiger partial charge in [0.25, 0.3) is 0 Å². The van der Waals surface area contributed by atoms with Crippen molar-refractivity contribution in [3.63, 3.8) is 0 Å². The molecule has 0 aromatic rings. The van der Waals surface area contributed by atoms with Crippen LogP contribution in [-0.4, -0.2) is 40.3 Å². The van der Waals surface area contributed by atoms with Crippen LogP contribution in [0.15, 0.2) is 0 Å². The molecule has 35 heavy (non-hydrogen) atoms. The molecule has 10 atom stereocenters. The maximum Gasteiger partial charge on any atom is 0.323 e. The van der Waals surface area contributed by atoms with Crippen LogP contribution in [0.5, 0.6) is 0 Å². The van der Waals surface area contributed by atoms with E-state index >= 15 is 0 Å². The monoisotopic (exact) mass is 491 g/mol. The lowest BCUT2D eigenvalue weighted by molar-refractivity contribution is -0.165. The fraction of sp³-hybridized carbons (Fsp3) is 0.893. The van der Waals surface area contributed by atoms with Crippen LogP contribution in [0.25, 0.3) is 0 Å². The molecule has 198 valence electrons. The van der Waals surface area contributed by atoms with Gasteiger partial charge < -0.3 is 20.7 Å². The molecule has 0 heterocycles. The summed E-state index contributed by atoms with van der Waals surface area (Å²) >= 11 is 0. The highest BCUT2D eigenvalue weighted by Crippen LogP contribution is 2.68. The summed E-state index contributed by atoms with van der Waals surface area (Å²) in [5, 5.41) is 18.1. The number of fused-ring (bicyclic) bond motifs is 5. The number of ether oxygens (including phenoxy) is 1. The number of carboxylic acid groups (broad SMARTS) is 2. The SMILES string of the molecule is CC(CCC(=O)O)C1CCC2C3CCC4CC(OC(=O)C(N)CC(=O)O)CC[C@]4(C)C3CC[C@]12C. The van der Waals surface area contributed by atoms with Gasteiger partial charge in [0.1, 0.15) is 12.1 Å². The third-order valence-electron chi connectivity index (χ3n) is 11.2. The van der Waals surface area contributed by atoms with Gasteiger partial charge in [0.15, 0.2) is 0 Å². The highest BCUT2D eigenvalue weighted by atomic mass is 16.5. The van der Waals surface area contributed by atoms with Crippen molar-refractivity contribution < 1.29 is 29.3 Å². The topological polar surface area (TPSA) is 127 Å². The molecule has 4 aliphatic carbocycles. The molecule has 0 radical (unpaired) electrons. The molecular formula is C28H45NO6.